The third kappa shape index (κ3) is 10.4. The minimum absolute atomic E-state index is 0.130. The molecule has 5 amide bonds. The van der Waals surface area contributed by atoms with Gasteiger partial charge in [-0.2, -0.15) is 0 Å². The lowest BCUT2D eigenvalue weighted by molar-refractivity contribution is -0.136. The average molecular weight is 862 g/mol. The molecule has 0 aliphatic carbocycles. The molecular formula is C47H59N9O7. The summed E-state index contributed by atoms with van der Waals surface area (Å²) in [4.78, 5) is 86.8. The molecule has 4 atom stereocenters. The summed E-state index contributed by atoms with van der Waals surface area (Å²) in [5, 5.41) is 5.37. The quantitative estimate of drug-likeness (QED) is 0.110. The second-order valence-corrected chi connectivity index (χ2v) is 16.5. The third-order valence-corrected chi connectivity index (χ3v) is 11.8. The summed E-state index contributed by atoms with van der Waals surface area (Å²) in [6.07, 6.45) is 5.25. The van der Waals surface area contributed by atoms with E-state index in [0.717, 1.165) is 41.6 Å². The van der Waals surface area contributed by atoms with Crippen LogP contribution in [0.1, 0.15) is 112 Å². The lowest BCUT2D eigenvalue weighted by atomic mass is 10.0. The van der Waals surface area contributed by atoms with Gasteiger partial charge in [0.05, 0.1) is 55.6 Å². The Morgan fingerprint density at radius 1 is 0.730 bits per heavy atom. The van der Waals surface area contributed by atoms with Crippen LogP contribution in [0.25, 0.3) is 22.5 Å². The van der Waals surface area contributed by atoms with E-state index < -0.39 is 24.3 Å². The molecule has 4 heterocycles. The SMILES string of the molecule is CCN(CC)C(=O)c1cc(-c2cnc(C3CCCN3C(=O)C(NC(=O)OC)C(C)C)[nH]2)ccc1C#Cc1ccc(-c2cnc(C3CCCN3C(=O)C(NC(=O)OC)C(C)C)[nH]2)cc1. The molecule has 0 spiro atoms. The van der Waals surface area contributed by atoms with Crippen LogP contribution < -0.4 is 10.6 Å². The van der Waals surface area contributed by atoms with Crippen molar-refractivity contribution in [2.45, 2.75) is 91.4 Å². The first kappa shape index (κ1) is 45.9. The Hall–Kier alpha value is -6.63. The number of benzene rings is 2. The van der Waals surface area contributed by atoms with Crippen molar-refractivity contribution in [1.82, 2.24) is 45.3 Å². The van der Waals surface area contributed by atoms with Crippen LogP contribution in [0, 0.1) is 23.7 Å². The topological polar surface area (TPSA) is 195 Å². The Morgan fingerprint density at radius 2 is 1.21 bits per heavy atom. The van der Waals surface area contributed by atoms with E-state index in [-0.39, 0.29) is 41.6 Å². The predicted molar refractivity (Wildman–Crippen MR) is 237 cm³/mol. The summed E-state index contributed by atoms with van der Waals surface area (Å²) in [5.41, 5.74) is 4.95. The van der Waals surface area contributed by atoms with Crippen molar-refractivity contribution >= 4 is 29.9 Å². The number of hydrogen-bond donors (Lipinski definition) is 4. The molecule has 16 heteroatoms. The highest BCUT2D eigenvalue weighted by molar-refractivity contribution is 5.98. The number of rotatable bonds is 13. The van der Waals surface area contributed by atoms with Crippen LogP contribution in [-0.2, 0) is 19.1 Å². The van der Waals surface area contributed by atoms with Gasteiger partial charge in [0.25, 0.3) is 5.91 Å². The number of imidazole rings is 2. The minimum Gasteiger partial charge on any atom is -0.453 e. The molecule has 4 aromatic rings. The Labute approximate surface area is 368 Å². The summed E-state index contributed by atoms with van der Waals surface area (Å²) in [6.45, 7) is 13.6. The normalized spacial score (nSPS) is 16.9. The van der Waals surface area contributed by atoms with Crippen LogP contribution in [0.4, 0.5) is 9.59 Å². The zero-order valence-electron chi connectivity index (χ0n) is 37.4. The van der Waals surface area contributed by atoms with Crippen LogP contribution in [0.2, 0.25) is 0 Å². The second kappa shape index (κ2) is 20.5. The number of likely N-dealkylation sites (tertiary alicyclic amines) is 2. The number of carbonyl (C=O) groups is 5. The van der Waals surface area contributed by atoms with Crippen molar-refractivity contribution in [2.75, 3.05) is 40.4 Å². The number of nitrogens with one attached hydrogen (secondary N) is 4. The molecule has 2 aliphatic heterocycles. The van der Waals surface area contributed by atoms with Crippen molar-refractivity contribution in [3.05, 3.63) is 83.2 Å². The van der Waals surface area contributed by atoms with Crippen molar-refractivity contribution < 1.29 is 33.4 Å². The smallest absolute Gasteiger partial charge is 0.407 e. The lowest BCUT2D eigenvalue weighted by Crippen LogP contribution is -2.51. The zero-order chi connectivity index (χ0) is 45.4. The van der Waals surface area contributed by atoms with Gasteiger partial charge in [0.1, 0.15) is 23.7 Å². The van der Waals surface area contributed by atoms with Gasteiger partial charge >= 0.3 is 12.2 Å². The number of methoxy groups -OCH3 is 2. The molecule has 2 saturated heterocycles. The first-order valence-corrected chi connectivity index (χ1v) is 21.7. The summed E-state index contributed by atoms with van der Waals surface area (Å²) in [6, 6.07) is 11.3. The van der Waals surface area contributed by atoms with Crippen LogP contribution in [0.5, 0.6) is 0 Å². The largest absolute Gasteiger partial charge is 0.453 e. The molecule has 0 radical (unpaired) electrons. The summed E-state index contributed by atoms with van der Waals surface area (Å²) < 4.78 is 9.53. The number of amides is 5. The lowest BCUT2D eigenvalue weighted by Gasteiger charge is -2.30. The maximum Gasteiger partial charge on any atom is 0.407 e. The molecule has 2 fully saturated rings. The van der Waals surface area contributed by atoms with E-state index in [1.807, 2.05) is 84.0 Å². The number of hydrogen-bond acceptors (Lipinski definition) is 9. The highest BCUT2D eigenvalue weighted by atomic mass is 16.5. The number of aromatic nitrogens is 4. The van der Waals surface area contributed by atoms with E-state index in [9.17, 15) is 24.0 Å². The highest BCUT2D eigenvalue weighted by Gasteiger charge is 2.39. The predicted octanol–water partition coefficient (Wildman–Crippen LogP) is 6.44. The van der Waals surface area contributed by atoms with E-state index >= 15 is 0 Å². The van der Waals surface area contributed by atoms with Gasteiger partial charge in [-0.15, -0.1) is 0 Å². The Balaban J connectivity index is 1.20. The molecule has 16 nitrogen and oxygen atoms in total. The molecule has 0 saturated carbocycles. The molecule has 2 aliphatic rings. The van der Waals surface area contributed by atoms with E-state index in [4.69, 9.17) is 9.47 Å². The van der Waals surface area contributed by atoms with Crippen molar-refractivity contribution in [3.8, 4) is 34.4 Å². The molecule has 2 aromatic heterocycles. The molecular weight excluding hydrogens is 803 g/mol. The fourth-order valence-electron chi connectivity index (χ4n) is 8.24. The summed E-state index contributed by atoms with van der Waals surface area (Å²) >= 11 is 0. The van der Waals surface area contributed by atoms with E-state index in [1.54, 1.807) is 27.1 Å². The van der Waals surface area contributed by atoms with Crippen LogP contribution >= 0.6 is 0 Å². The van der Waals surface area contributed by atoms with Gasteiger partial charge in [-0.25, -0.2) is 19.6 Å². The van der Waals surface area contributed by atoms with Crippen molar-refractivity contribution in [2.24, 2.45) is 11.8 Å². The maximum atomic E-state index is 13.9. The van der Waals surface area contributed by atoms with Crippen molar-refractivity contribution in [3.63, 3.8) is 0 Å². The molecule has 63 heavy (non-hydrogen) atoms. The highest BCUT2D eigenvalue weighted by Crippen LogP contribution is 2.34. The first-order chi connectivity index (χ1) is 30.3. The van der Waals surface area contributed by atoms with Crippen molar-refractivity contribution in [1.29, 1.82) is 0 Å². The van der Waals surface area contributed by atoms with Gasteiger partial charge in [-0.1, -0.05) is 57.7 Å². The number of carbonyl (C=O) groups excluding carboxylic acids is 5. The Morgan fingerprint density at radius 3 is 1.67 bits per heavy atom. The third-order valence-electron chi connectivity index (χ3n) is 11.8. The average Bonchev–Trinajstić information content (AvgIpc) is 4.14. The monoisotopic (exact) mass is 861 g/mol. The standard InChI is InChI=1S/C47H59N9O7/c1-9-54(10-2)43(57)34-25-33(36-27-49-42(51-36)38-14-12-24-56(38)45(59)40(29(5)6)53-47(61)63-8)22-21-31(34)18-15-30-16-19-32(20-17-30)35-26-48-41(50-35)37-13-11-23-55(37)44(58)39(28(3)4)52-46(60)62-7/h16-17,19-22,25-29,37-40H,9-14,23-24H2,1-8H3,(H,48,50)(H,49,51)(H,52,60)(H,53,61). The van der Waals surface area contributed by atoms with E-state index in [1.165, 1.54) is 14.2 Å². The number of ether oxygens (including phenoxy) is 2. The number of H-pyrrole nitrogens is 2. The van der Waals surface area contributed by atoms with E-state index in [0.29, 0.717) is 61.1 Å². The number of alkyl carbamates (subject to hydrolysis) is 2. The molecule has 0 bridgehead atoms. The molecule has 334 valence electrons. The minimum atomic E-state index is -0.742. The second-order valence-electron chi connectivity index (χ2n) is 16.5. The molecule has 2 aromatic carbocycles. The van der Waals surface area contributed by atoms with E-state index in [2.05, 4.69) is 42.4 Å². The van der Waals surface area contributed by atoms with Gasteiger partial charge < -0.3 is 44.8 Å². The van der Waals surface area contributed by atoms with Gasteiger partial charge in [0, 0.05) is 42.9 Å². The fraction of sp³-hybridized carbons (Fsp3) is 0.468. The summed E-state index contributed by atoms with van der Waals surface area (Å²) in [7, 11) is 2.55. The number of nitrogens with zero attached hydrogens (tertiary/aromatic N) is 5. The van der Waals surface area contributed by atoms with Gasteiger partial charge in [-0.3, -0.25) is 14.4 Å². The fourth-order valence-corrected chi connectivity index (χ4v) is 8.24. The summed E-state index contributed by atoms with van der Waals surface area (Å²) in [5.74, 6) is 7.03. The van der Waals surface area contributed by atoms with Crippen LogP contribution in [0.3, 0.4) is 0 Å². The Kier molecular flexibility index (Phi) is 14.9. The number of aromatic amines is 2. The van der Waals surface area contributed by atoms with Crippen LogP contribution in [0.15, 0.2) is 54.9 Å². The Bertz CT molecular complexity index is 2340. The zero-order valence-corrected chi connectivity index (χ0v) is 37.4. The molecule has 4 N–H and O–H groups in total. The van der Waals surface area contributed by atoms with Gasteiger partial charge in [0.15, 0.2) is 0 Å². The first-order valence-electron chi connectivity index (χ1n) is 21.7. The van der Waals surface area contributed by atoms with Crippen LogP contribution in [-0.4, -0.2) is 117 Å². The van der Waals surface area contributed by atoms with Gasteiger partial charge in [0.2, 0.25) is 11.8 Å². The molecule has 6 rings (SSSR count). The van der Waals surface area contributed by atoms with Gasteiger partial charge in [-0.05, 0) is 81.2 Å². The maximum absolute atomic E-state index is 13.9. The molecule has 4 unspecified atom stereocenters.